The molecule has 0 aromatic carbocycles. The molecule has 0 aromatic heterocycles. The average molecular weight is 240 g/mol. The summed E-state index contributed by atoms with van der Waals surface area (Å²) in [5.74, 6) is 4.46. The molecule has 0 spiro atoms. The Balaban J connectivity index is 4.25. The standard InChI is InChI=1S/C12H20N2O3/c1-4-7-8-13-11(17)14-9-12(5-2,6-3)10(15)16/h5-6,8-9H2,1-3H3,(H,15,16)(H2,13,14,17). The van der Waals surface area contributed by atoms with Gasteiger partial charge in [0.15, 0.2) is 0 Å². The van der Waals surface area contributed by atoms with Crippen LogP contribution in [0.25, 0.3) is 0 Å². The summed E-state index contributed by atoms with van der Waals surface area (Å²) >= 11 is 0. The Morgan fingerprint density at radius 1 is 1.24 bits per heavy atom. The molecule has 0 heterocycles. The zero-order valence-electron chi connectivity index (χ0n) is 10.6. The monoisotopic (exact) mass is 240 g/mol. The quantitative estimate of drug-likeness (QED) is 0.610. The zero-order valence-corrected chi connectivity index (χ0v) is 10.6. The average Bonchev–Trinajstić information content (AvgIpc) is 2.31. The molecule has 5 nitrogen and oxygen atoms in total. The molecule has 0 saturated heterocycles. The first kappa shape index (κ1) is 15.3. The summed E-state index contributed by atoms with van der Waals surface area (Å²) in [6.07, 6.45) is 0.960. The number of rotatable bonds is 6. The Labute approximate surface area is 102 Å². The molecule has 0 atom stereocenters. The minimum absolute atomic E-state index is 0.126. The van der Waals surface area contributed by atoms with Crippen LogP contribution in [0.4, 0.5) is 4.79 Å². The maximum absolute atomic E-state index is 11.3. The smallest absolute Gasteiger partial charge is 0.315 e. The van der Waals surface area contributed by atoms with Gasteiger partial charge in [-0.15, -0.1) is 5.92 Å². The van der Waals surface area contributed by atoms with Crippen molar-refractivity contribution < 1.29 is 14.7 Å². The molecule has 0 radical (unpaired) electrons. The lowest BCUT2D eigenvalue weighted by Crippen LogP contribution is -2.45. The second-order valence-electron chi connectivity index (χ2n) is 3.76. The number of carboxylic acid groups (broad SMARTS) is 1. The van der Waals surface area contributed by atoms with Crippen molar-refractivity contribution in [3.05, 3.63) is 0 Å². The molecule has 0 rings (SSSR count). The van der Waals surface area contributed by atoms with Crippen molar-refractivity contribution in [1.29, 1.82) is 0 Å². The Morgan fingerprint density at radius 2 is 1.82 bits per heavy atom. The molecule has 0 aromatic rings. The fourth-order valence-electron chi connectivity index (χ4n) is 1.40. The highest BCUT2D eigenvalue weighted by Gasteiger charge is 2.34. The molecular weight excluding hydrogens is 220 g/mol. The molecule has 0 aliphatic carbocycles. The number of hydrogen-bond acceptors (Lipinski definition) is 2. The number of urea groups is 1. The topological polar surface area (TPSA) is 78.4 Å². The first-order valence-corrected chi connectivity index (χ1v) is 5.67. The summed E-state index contributed by atoms with van der Waals surface area (Å²) in [5.41, 5.74) is -0.881. The summed E-state index contributed by atoms with van der Waals surface area (Å²) in [4.78, 5) is 22.5. The van der Waals surface area contributed by atoms with Crippen molar-refractivity contribution in [2.45, 2.75) is 33.6 Å². The third-order valence-electron chi connectivity index (χ3n) is 2.91. The van der Waals surface area contributed by atoms with E-state index in [0.29, 0.717) is 12.8 Å². The van der Waals surface area contributed by atoms with Gasteiger partial charge in [0.05, 0.1) is 12.0 Å². The van der Waals surface area contributed by atoms with E-state index in [1.807, 2.05) is 0 Å². The SMILES string of the molecule is CC#CCNC(=O)NCC(CC)(CC)C(=O)O. The maximum atomic E-state index is 11.3. The van der Waals surface area contributed by atoms with Crippen LogP contribution in [0, 0.1) is 17.3 Å². The van der Waals surface area contributed by atoms with Crippen LogP contribution in [-0.4, -0.2) is 30.2 Å². The normalized spacial score (nSPS) is 10.1. The van der Waals surface area contributed by atoms with Gasteiger partial charge in [-0.2, -0.15) is 0 Å². The van der Waals surface area contributed by atoms with Crippen LogP contribution >= 0.6 is 0 Å². The summed E-state index contributed by atoms with van der Waals surface area (Å²) in [6.45, 7) is 5.68. The van der Waals surface area contributed by atoms with Crippen molar-refractivity contribution in [3.8, 4) is 11.8 Å². The van der Waals surface area contributed by atoms with Gasteiger partial charge in [0.1, 0.15) is 0 Å². The van der Waals surface area contributed by atoms with Crippen molar-refractivity contribution >= 4 is 12.0 Å². The Bertz CT molecular complexity index is 324. The third kappa shape index (κ3) is 4.77. The number of hydrogen-bond donors (Lipinski definition) is 3. The van der Waals surface area contributed by atoms with Crippen LogP contribution in [-0.2, 0) is 4.79 Å². The molecule has 0 unspecified atom stereocenters. The van der Waals surface area contributed by atoms with E-state index in [1.54, 1.807) is 20.8 Å². The van der Waals surface area contributed by atoms with Crippen molar-refractivity contribution in [2.75, 3.05) is 13.1 Å². The number of amides is 2. The van der Waals surface area contributed by atoms with E-state index in [0.717, 1.165) is 0 Å². The summed E-state index contributed by atoms with van der Waals surface area (Å²) in [6, 6.07) is -0.389. The number of aliphatic carboxylic acids is 1. The molecule has 17 heavy (non-hydrogen) atoms. The number of nitrogens with one attached hydrogen (secondary N) is 2. The maximum Gasteiger partial charge on any atom is 0.315 e. The molecule has 2 amide bonds. The highest BCUT2D eigenvalue weighted by molar-refractivity contribution is 5.78. The van der Waals surface area contributed by atoms with Crippen molar-refractivity contribution in [1.82, 2.24) is 10.6 Å². The van der Waals surface area contributed by atoms with Crippen molar-refractivity contribution in [2.24, 2.45) is 5.41 Å². The van der Waals surface area contributed by atoms with E-state index in [2.05, 4.69) is 22.5 Å². The van der Waals surface area contributed by atoms with Gasteiger partial charge in [0.25, 0.3) is 0 Å². The summed E-state index contributed by atoms with van der Waals surface area (Å²) < 4.78 is 0. The molecule has 3 N–H and O–H groups in total. The molecule has 0 aliphatic rings. The third-order valence-corrected chi connectivity index (χ3v) is 2.91. The lowest BCUT2D eigenvalue weighted by atomic mass is 9.82. The van der Waals surface area contributed by atoms with Crippen LogP contribution in [0.1, 0.15) is 33.6 Å². The fraction of sp³-hybridized carbons (Fsp3) is 0.667. The van der Waals surface area contributed by atoms with Gasteiger partial charge in [-0.1, -0.05) is 19.8 Å². The largest absolute Gasteiger partial charge is 0.481 e. The van der Waals surface area contributed by atoms with E-state index in [1.165, 1.54) is 0 Å². The summed E-state index contributed by atoms with van der Waals surface area (Å²) in [5, 5.41) is 14.3. The second-order valence-corrected chi connectivity index (χ2v) is 3.76. The van der Waals surface area contributed by atoms with Crippen molar-refractivity contribution in [3.63, 3.8) is 0 Å². The Hall–Kier alpha value is -1.70. The van der Waals surface area contributed by atoms with E-state index in [-0.39, 0.29) is 19.1 Å². The van der Waals surface area contributed by atoms with Gasteiger partial charge in [0.2, 0.25) is 0 Å². The highest BCUT2D eigenvalue weighted by Crippen LogP contribution is 2.25. The van der Waals surface area contributed by atoms with Gasteiger partial charge in [0, 0.05) is 6.54 Å². The van der Waals surface area contributed by atoms with E-state index in [4.69, 9.17) is 5.11 Å². The Morgan fingerprint density at radius 3 is 2.24 bits per heavy atom. The fourth-order valence-corrected chi connectivity index (χ4v) is 1.40. The van der Waals surface area contributed by atoms with Gasteiger partial charge >= 0.3 is 12.0 Å². The van der Waals surface area contributed by atoms with Crippen LogP contribution in [0.15, 0.2) is 0 Å². The lowest BCUT2D eigenvalue weighted by molar-refractivity contribution is -0.149. The van der Waals surface area contributed by atoms with Crippen LogP contribution < -0.4 is 10.6 Å². The molecular formula is C12H20N2O3. The first-order valence-electron chi connectivity index (χ1n) is 5.67. The molecule has 5 heteroatoms. The first-order chi connectivity index (χ1) is 8.02. The molecule has 0 aliphatic heterocycles. The predicted molar refractivity (Wildman–Crippen MR) is 65.5 cm³/mol. The van der Waals surface area contributed by atoms with Gasteiger partial charge < -0.3 is 15.7 Å². The molecule has 0 fully saturated rings. The van der Waals surface area contributed by atoms with Crippen LogP contribution in [0.5, 0.6) is 0 Å². The lowest BCUT2D eigenvalue weighted by Gasteiger charge is -2.26. The number of carboxylic acids is 1. The van der Waals surface area contributed by atoms with Crippen LogP contribution in [0.3, 0.4) is 0 Å². The molecule has 0 saturated carbocycles. The van der Waals surface area contributed by atoms with Gasteiger partial charge in [-0.3, -0.25) is 4.79 Å². The predicted octanol–water partition coefficient (Wildman–Crippen LogP) is 1.20. The summed E-state index contributed by atoms with van der Waals surface area (Å²) in [7, 11) is 0. The second kappa shape index (κ2) is 7.55. The van der Waals surface area contributed by atoms with E-state index in [9.17, 15) is 9.59 Å². The van der Waals surface area contributed by atoms with Crippen LogP contribution in [0.2, 0.25) is 0 Å². The molecule has 0 bridgehead atoms. The van der Waals surface area contributed by atoms with E-state index < -0.39 is 11.4 Å². The zero-order chi connectivity index (χ0) is 13.3. The number of carbonyl (C=O) groups is 2. The van der Waals surface area contributed by atoms with Gasteiger partial charge in [-0.05, 0) is 19.8 Å². The highest BCUT2D eigenvalue weighted by atomic mass is 16.4. The van der Waals surface area contributed by atoms with E-state index >= 15 is 0 Å². The minimum Gasteiger partial charge on any atom is -0.481 e. The minimum atomic E-state index is -0.881. The van der Waals surface area contributed by atoms with Gasteiger partial charge in [-0.25, -0.2) is 4.79 Å². The molecule has 96 valence electrons. The number of carbonyl (C=O) groups excluding carboxylic acids is 1. The Kier molecular flexibility index (Phi) is 6.80.